The fourth-order valence-electron chi connectivity index (χ4n) is 2.98. The molecule has 152 valence electrons. The molecule has 4 rings (SSSR count). The van der Waals surface area contributed by atoms with E-state index in [1.165, 1.54) is 19.2 Å². The molecule has 0 unspecified atom stereocenters. The van der Waals surface area contributed by atoms with Gasteiger partial charge in [0.1, 0.15) is 5.75 Å². The van der Waals surface area contributed by atoms with E-state index in [-0.39, 0.29) is 29.9 Å². The number of carbonyl (C=O) groups is 1. The van der Waals surface area contributed by atoms with Gasteiger partial charge in [-0.3, -0.25) is 4.79 Å². The second-order valence-corrected chi connectivity index (χ2v) is 6.49. The molecule has 0 aliphatic carbocycles. The van der Waals surface area contributed by atoms with Gasteiger partial charge in [0.2, 0.25) is 5.95 Å². The molecule has 9 heteroatoms. The summed E-state index contributed by atoms with van der Waals surface area (Å²) >= 11 is 0. The van der Waals surface area contributed by atoms with Crippen LogP contribution in [0, 0.1) is 5.82 Å². The van der Waals surface area contributed by atoms with Gasteiger partial charge in [-0.25, -0.2) is 9.37 Å². The number of carbonyl (C=O) groups excluding carboxylic acids is 1. The van der Waals surface area contributed by atoms with Crippen LogP contribution >= 0.6 is 0 Å². The standard InChI is InChI=1S/C21H18FN5O3/c1-30-19(29)9-13-7-8-27-12-15(5-6-18(13)27)24-20-17(22)11-23-21(26-20)25-14-3-2-4-16(28)10-14/h2-8,10-12,28H,9H2,1H3,(H2,23,24,25,26). The van der Waals surface area contributed by atoms with E-state index in [1.807, 2.05) is 22.7 Å². The molecule has 0 aliphatic heterocycles. The molecule has 0 aliphatic rings. The first-order valence-corrected chi connectivity index (χ1v) is 9.04. The van der Waals surface area contributed by atoms with Crippen molar-refractivity contribution < 1.29 is 19.0 Å². The van der Waals surface area contributed by atoms with Crippen molar-refractivity contribution in [1.82, 2.24) is 14.4 Å². The van der Waals surface area contributed by atoms with Crippen molar-refractivity contribution in [2.45, 2.75) is 6.42 Å². The summed E-state index contributed by atoms with van der Waals surface area (Å²) in [7, 11) is 1.35. The molecule has 1 aromatic carbocycles. The van der Waals surface area contributed by atoms with E-state index >= 15 is 0 Å². The average Bonchev–Trinajstić information content (AvgIpc) is 3.12. The Labute approximate surface area is 171 Å². The number of halogens is 1. The fraction of sp³-hybridized carbons (Fsp3) is 0.0952. The molecule has 0 bridgehead atoms. The maximum absolute atomic E-state index is 14.2. The number of nitrogens with one attached hydrogen (secondary N) is 2. The number of esters is 1. The lowest BCUT2D eigenvalue weighted by molar-refractivity contribution is -0.139. The second-order valence-electron chi connectivity index (χ2n) is 6.49. The van der Waals surface area contributed by atoms with Crippen molar-refractivity contribution >= 4 is 34.6 Å². The number of aromatic hydroxyl groups is 1. The molecule has 0 atom stereocenters. The second kappa shape index (κ2) is 8.08. The Balaban J connectivity index is 1.56. The van der Waals surface area contributed by atoms with Gasteiger partial charge < -0.3 is 24.9 Å². The van der Waals surface area contributed by atoms with E-state index in [0.29, 0.717) is 11.4 Å². The van der Waals surface area contributed by atoms with Gasteiger partial charge in [0.25, 0.3) is 0 Å². The van der Waals surface area contributed by atoms with Crippen molar-refractivity contribution in [3.8, 4) is 5.75 Å². The Morgan fingerprint density at radius 3 is 2.87 bits per heavy atom. The lowest BCUT2D eigenvalue weighted by Gasteiger charge is -2.10. The summed E-state index contributed by atoms with van der Waals surface area (Å²) in [5.74, 6) is -0.677. The first kappa shape index (κ1) is 19.2. The van der Waals surface area contributed by atoms with Gasteiger partial charge in [0, 0.05) is 29.7 Å². The molecular weight excluding hydrogens is 389 g/mol. The number of pyridine rings is 1. The predicted octanol–water partition coefficient (Wildman–Crippen LogP) is 3.78. The van der Waals surface area contributed by atoms with Gasteiger partial charge >= 0.3 is 5.97 Å². The van der Waals surface area contributed by atoms with Gasteiger partial charge in [0.05, 0.1) is 25.4 Å². The van der Waals surface area contributed by atoms with E-state index in [9.17, 15) is 14.3 Å². The minimum atomic E-state index is -0.615. The number of fused-ring (bicyclic) bond motifs is 1. The summed E-state index contributed by atoms with van der Waals surface area (Å²) < 4.78 is 20.8. The van der Waals surface area contributed by atoms with Crippen LogP contribution in [0.15, 0.2) is 61.1 Å². The molecule has 0 amide bonds. The van der Waals surface area contributed by atoms with Crippen LogP contribution in [0.25, 0.3) is 5.52 Å². The Morgan fingerprint density at radius 1 is 1.20 bits per heavy atom. The lowest BCUT2D eigenvalue weighted by atomic mass is 10.2. The van der Waals surface area contributed by atoms with Crippen LogP contribution in [0.3, 0.4) is 0 Å². The third-order valence-corrected chi connectivity index (χ3v) is 4.41. The number of nitrogens with zero attached hydrogens (tertiary/aromatic N) is 3. The SMILES string of the molecule is COC(=O)Cc1ccn2cc(Nc3nc(Nc4cccc(O)c4)ncc3F)ccc12. The molecule has 4 aromatic rings. The molecule has 0 saturated carbocycles. The van der Waals surface area contributed by atoms with Gasteiger partial charge in [-0.15, -0.1) is 0 Å². The first-order valence-electron chi connectivity index (χ1n) is 9.04. The maximum Gasteiger partial charge on any atom is 0.310 e. The van der Waals surface area contributed by atoms with Crippen LogP contribution in [-0.4, -0.2) is 32.6 Å². The van der Waals surface area contributed by atoms with Crippen LogP contribution < -0.4 is 10.6 Å². The van der Waals surface area contributed by atoms with Gasteiger partial charge in [-0.05, 0) is 35.9 Å². The number of anilines is 4. The minimum Gasteiger partial charge on any atom is -0.508 e. The number of hydrogen-bond donors (Lipinski definition) is 3. The first-order chi connectivity index (χ1) is 14.5. The molecule has 0 saturated heterocycles. The molecular formula is C21H18FN5O3. The third-order valence-electron chi connectivity index (χ3n) is 4.41. The molecule has 0 radical (unpaired) electrons. The molecule has 0 spiro atoms. The summed E-state index contributed by atoms with van der Waals surface area (Å²) in [6, 6.07) is 11.9. The van der Waals surface area contributed by atoms with E-state index in [2.05, 4.69) is 20.6 Å². The van der Waals surface area contributed by atoms with Crippen molar-refractivity contribution in [2.24, 2.45) is 0 Å². The average molecular weight is 407 g/mol. The van der Waals surface area contributed by atoms with E-state index in [4.69, 9.17) is 4.74 Å². The van der Waals surface area contributed by atoms with E-state index < -0.39 is 5.82 Å². The number of hydrogen-bond acceptors (Lipinski definition) is 7. The number of benzene rings is 1. The summed E-state index contributed by atoms with van der Waals surface area (Å²) in [5, 5.41) is 15.4. The van der Waals surface area contributed by atoms with E-state index in [1.54, 1.807) is 24.4 Å². The monoisotopic (exact) mass is 407 g/mol. The Morgan fingerprint density at radius 2 is 2.07 bits per heavy atom. The Kier molecular flexibility index (Phi) is 5.17. The van der Waals surface area contributed by atoms with Gasteiger partial charge in [-0.1, -0.05) is 6.07 Å². The summed E-state index contributed by atoms with van der Waals surface area (Å²) in [4.78, 5) is 19.6. The largest absolute Gasteiger partial charge is 0.508 e. The van der Waals surface area contributed by atoms with Crippen molar-refractivity contribution in [2.75, 3.05) is 17.7 Å². The number of rotatable bonds is 6. The van der Waals surface area contributed by atoms with Crippen LogP contribution in [0.2, 0.25) is 0 Å². The number of ether oxygens (including phenoxy) is 1. The maximum atomic E-state index is 14.2. The molecule has 3 heterocycles. The smallest absolute Gasteiger partial charge is 0.310 e. The van der Waals surface area contributed by atoms with Crippen molar-refractivity contribution in [3.63, 3.8) is 0 Å². The zero-order valence-electron chi connectivity index (χ0n) is 16.0. The quantitative estimate of drug-likeness (QED) is 0.418. The summed E-state index contributed by atoms with van der Waals surface area (Å²) in [6.45, 7) is 0. The zero-order chi connectivity index (χ0) is 21.1. The highest BCUT2D eigenvalue weighted by molar-refractivity contribution is 5.76. The fourth-order valence-corrected chi connectivity index (χ4v) is 2.98. The Hall–Kier alpha value is -4.14. The normalized spacial score (nSPS) is 10.7. The van der Waals surface area contributed by atoms with Crippen LogP contribution in [0.5, 0.6) is 5.75 Å². The van der Waals surface area contributed by atoms with Crippen molar-refractivity contribution in [1.29, 1.82) is 0 Å². The van der Waals surface area contributed by atoms with Crippen molar-refractivity contribution in [3.05, 3.63) is 72.4 Å². The van der Waals surface area contributed by atoms with Crippen LogP contribution in [-0.2, 0) is 16.0 Å². The van der Waals surface area contributed by atoms with Gasteiger partial charge in [-0.2, -0.15) is 4.98 Å². The number of phenolic OH excluding ortho intramolecular Hbond substituents is 1. The third kappa shape index (κ3) is 4.14. The molecule has 3 N–H and O–H groups in total. The lowest BCUT2D eigenvalue weighted by Crippen LogP contribution is -2.05. The van der Waals surface area contributed by atoms with Gasteiger partial charge in [0.15, 0.2) is 11.6 Å². The van der Waals surface area contributed by atoms with E-state index in [0.717, 1.165) is 17.3 Å². The summed E-state index contributed by atoms with van der Waals surface area (Å²) in [5.41, 5.74) is 2.85. The molecule has 0 fully saturated rings. The highest BCUT2D eigenvalue weighted by Crippen LogP contribution is 2.23. The zero-order valence-corrected chi connectivity index (χ0v) is 16.0. The van der Waals surface area contributed by atoms with Crippen LogP contribution in [0.1, 0.15) is 5.56 Å². The minimum absolute atomic E-state index is 0.00561. The number of methoxy groups -OCH3 is 1. The highest BCUT2D eigenvalue weighted by Gasteiger charge is 2.11. The topological polar surface area (TPSA) is 101 Å². The highest BCUT2D eigenvalue weighted by atomic mass is 19.1. The predicted molar refractivity (Wildman–Crippen MR) is 110 cm³/mol. The molecule has 3 aromatic heterocycles. The molecule has 30 heavy (non-hydrogen) atoms. The number of phenols is 1. The van der Waals surface area contributed by atoms with Crippen LogP contribution in [0.4, 0.5) is 27.5 Å². The molecule has 8 nitrogen and oxygen atoms in total. The number of aromatic nitrogens is 3. The summed E-state index contributed by atoms with van der Waals surface area (Å²) in [6.07, 6.45) is 4.80. The Bertz CT molecular complexity index is 1220.